The summed E-state index contributed by atoms with van der Waals surface area (Å²) in [4.78, 5) is 9.85. The van der Waals surface area contributed by atoms with Crippen molar-refractivity contribution in [2.24, 2.45) is 5.18 Å². The normalized spacial score (nSPS) is 19.6. The molecule has 0 saturated carbocycles. The molecule has 10 heavy (non-hydrogen) atoms. The Labute approximate surface area is 59.8 Å². The molecule has 0 spiro atoms. The summed E-state index contributed by atoms with van der Waals surface area (Å²) in [5.74, 6) is 0. The Morgan fingerprint density at radius 3 is 2.30 bits per heavy atom. The molecule has 0 amide bonds. The van der Waals surface area contributed by atoms with Crippen molar-refractivity contribution in [2.75, 3.05) is 0 Å². The average Bonchev–Trinajstić information content (AvgIpc) is 2.00. The van der Waals surface area contributed by atoms with Crippen LogP contribution in [0.1, 0.15) is 20.3 Å². The van der Waals surface area contributed by atoms with Gasteiger partial charge >= 0.3 is 0 Å². The van der Waals surface area contributed by atoms with Crippen LogP contribution in [0.4, 0.5) is 0 Å². The van der Waals surface area contributed by atoms with Gasteiger partial charge in [-0.25, -0.2) is 0 Å². The van der Waals surface area contributed by atoms with Crippen LogP contribution in [0.15, 0.2) is 5.18 Å². The van der Waals surface area contributed by atoms with Crippen LogP contribution in [-0.2, 0) is 0 Å². The van der Waals surface area contributed by atoms with E-state index in [2.05, 4.69) is 5.18 Å². The van der Waals surface area contributed by atoms with Crippen molar-refractivity contribution in [1.29, 1.82) is 0 Å². The third-order valence-corrected chi connectivity index (χ3v) is 1.47. The van der Waals surface area contributed by atoms with Gasteiger partial charge in [0.2, 0.25) is 0 Å². The Hall–Kier alpha value is -0.480. The number of aliphatic hydroxyl groups excluding tert-OH is 2. The second-order valence-corrected chi connectivity index (χ2v) is 2.31. The van der Waals surface area contributed by atoms with E-state index >= 15 is 0 Å². The Balaban J connectivity index is 3.80. The fourth-order valence-corrected chi connectivity index (χ4v) is 0.625. The summed E-state index contributed by atoms with van der Waals surface area (Å²) in [6.07, 6.45) is -1.43. The van der Waals surface area contributed by atoms with Gasteiger partial charge in [-0.3, -0.25) is 0 Å². The largest absolute Gasteiger partial charge is 0.390 e. The van der Waals surface area contributed by atoms with Gasteiger partial charge in [0.05, 0.1) is 6.10 Å². The molecule has 0 saturated heterocycles. The van der Waals surface area contributed by atoms with Crippen LogP contribution in [0.3, 0.4) is 0 Å². The molecule has 0 aliphatic rings. The van der Waals surface area contributed by atoms with Gasteiger partial charge in [-0.05, 0) is 13.3 Å². The van der Waals surface area contributed by atoms with Crippen LogP contribution in [0.25, 0.3) is 0 Å². The maximum atomic E-state index is 9.85. The van der Waals surface area contributed by atoms with Gasteiger partial charge in [-0.15, -0.1) is 0 Å². The fourth-order valence-electron chi connectivity index (χ4n) is 0.625. The molecule has 0 fully saturated rings. The lowest BCUT2D eigenvalue weighted by atomic mass is 10.1. The van der Waals surface area contributed by atoms with E-state index in [4.69, 9.17) is 10.2 Å². The predicted molar refractivity (Wildman–Crippen MR) is 37.6 cm³/mol. The highest BCUT2D eigenvalue weighted by Crippen LogP contribution is 2.05. The molecule has 0 aromatic rings. The average molecular weight is 147 g/mol. The summed E-state index contributed by atoms with van der Waals surface area (Å²) in [6.45, 7) is 3.20. The standard InChI is InChI=1S/C6H13NO3/c1-3-5(8)6(9)4(2)7-10/h4-6,8-9H,3H2,1-2H3. The van der Waals surface area contributed by atoms with Crippen LogP contribution >= 0.6 is 0 Å². The molecule has 60 valence electrons. The second kappa shape index (κ2) is 4.35. The van der Waals surface area contributed by atoms with Crippen molar-refractivity contribution < 1.29 is 10.2 Å². The Kier molecular flexibility index (Phi) is 4.14. The molecule has 3 atom stereocenters. The van der Waals surface area contributed by atoms with Gasteiger partial charge in [-0.2, -0.15) is 4.91 Å². The summed E-state index contributed by atoms with van der Waals surface area (Å²) >= 11 is 0. The molecular weight excluding hydrogens is 134 g/mol. The zero-order chi connectivity index (χ0) is 8.15. The first kappa shape index (κ1) is 9.52. The fraction of sp³-hybridized carbons (Fsp3) is 1.00. The van der Waals surface area contributed by atoms with Crippen molar-refractivity contribution in [3.8, 4) is 0 Å². The summed E-state index contributed by atoms with van der Waals surface area (Å²) in [5, 5.41) is 20.6. The van der Waals surface area contributed by atoms with E-state index in [1.807, 2.05) is 0 Å². The van der Waals surface area contributed by atoms with Crippen molar-refractivity contribution in [3.05, 3.63) is 4.91 Å². The van der Waals surface area contributed by atoms with Crippen LogP contribution in [-0.4, -0.2) is 28.5 Å². The molecule has 0 heterocycles. The highest BCUT2D eigenvalue weighted by Gasteiger charge is 2.21. The molecular formula is C6H13NO3. The van der Waals surface area contributed by atoms with E-state index in [1.54, 1.807) is 6.92 Å². The predicted octanol–water partition coefficient (Wildman–Crippen LogP) is 0.273. The Bertz CT molecular complexity index is 107. The molecule has 4 heteroatoms. The van der Waals surface area contributed by atoms with E-state index < -0.39 is 18.2 Å². The number of aliphatic hydroxyl groups is 2. The minimum Gasteiger partial charge on any atom is -0.390 e. The first-order chi connectivity index (χ1) is 4.63. The van der Waals surface area contributed by atoms with E-state index in [-0.39, 0.29) is 0 Å². The zero-order valence-electron chi connectivity index (χ0n) is 6.19. The smallest absolute Gasteiger partial charge is 0.117 e. The lowest BCUT2D eigenvalue weighted by Crippen LogP contribution is -2.33. The molecule has 0 aliphatic carbocycles. The van der Waals surface area contributed by atoms with Crippen LogP contribution in [0, 0.1) is 4.91 Å². The quantitative estimate of drug-likeness (QED) is 0.561. The molecule has 0 bridgehead atoms. The van der Waals surface area contributed by atoms with E-state index in [1.165, 1.54) is 6.92 Å². The number of nitroso groups, excluding NO2 is 1. The summed E-state index contributed by atoms with van der Waals surface area (Å²) < 4.78 is 0. The number of hydrogen-bond acceptors (Lipinski definition) is 4. The Morgan fingerprint density at radius 1 is 1.50 bits per heavy atom. The van der Waals surface area contributed by atoms with E-state index in [9.17, 15) is 4.91 Å². The minimum absolute atomic E-state index is 0.432. The van der Waals surface area contributed by atoms with Gasteiger partial charge in [0.15, 0.2) is 0 Å². The van der Waals surface area contributed by atoms with E-state index in [0.717, 1.165) is 0 Å². The molecule has 0 aromatic heterocycles. The second-order valence-electron chi connectivity index (χ2n) is 2.31. The molecule has 4 nitrogen and oxygen atoms in total. The topological polar surface area (TPSA) is 69.9 Å². The van der Waals surface area contributed by atoms with Gasteiger partial charge in [-0.1, -0.05) is 12.1 Å². The van der Waals surface area contributed by atoms with Crippen LogP contribution < -0.4 is 0 Å². The van der Waals surface area contributed by atoms with Gasteiger partial charge in [0.25, 0.3) is 0 Å². The van der Waals surface area contributed by atoms with E-state index in [0.29, 0.717) is 6.42 Å². The van der Waals surface area contributed by atoms with Gasteiger partial charge < -0.3 is 10.2 Å². The first-order valence-electron chi connectivity index (χ1n) is 3.32. The van der Waals surface area contributed by atoms with Gasteiger partial charge in [0.1, 0.15) is 12.1 Å². The molecule has 2 N–H and O–H groups in total. The lowest BCUT2D eigenvalue weighted by molar-refractivity contribution is 0.00601. The molecule has 0 aliphatic heterocycles. The monoisotopic (exact) mass is 147 g/mol. The highest BCUT2D eigenvalue weighted by atomic mass is 16.3. The third kappa shape index (κ3) is 2.41. The first-order valence-corrected chi connectivity index (χ1v) is 3.32. The van der Waals surface area contributed by atoms with Crippen molar-refractivity contribution in [2.45, 2.75) is 38.5 Å². The van der Waals surface area contributed by atoms with Crippen LogP contribution in [0.5, 0.6) is 0 Å². The third-order valence-electron chi connectivity index (χ3n) is 1.47. The SMILES string of the molecule is CCC(O)C(O)C(C)N=O. The molecule has 0 aromatic carbocycles. The van der Waals surface area contributed by atoms with Gasteiger partial charge in [0, 0.05) is 0 Å². The van der Waals surface area contributed by atoms with Crippen molar-refractivity contribution >= 4 is 0 Å². The molecule has 0 rings (SSSR count). The maximum Gasteiger partial charge on any atom is 0.117 e. The number of rotatable bonds is 4. The summed E-state index contributed by atoms with van der Waals surface area (Å²) in [5.41, 5.74) is 0. The van der Waals surface area contributed by atoms with Crippen molar-refractivity contribution in [3.63, 3.8) is 0 Å². The van der Waals surface area contributed by atoms with Crippen LogP contribution in [0.2, 0.25) is 0 Å². The maximum absolute atomic E-state index is 9.85. The summed E-state index contributed by atoms with van der Waals surface area (Å²) in [6, 6.07) is -0.727. The van der Waals surface area contributed by atoms with Crippen molar-refractivity contribution in [1.82, 2.24) is 0 Å². The number of nitrogens with zero attached hydrogens (tertiary/aromatic N) is 1. The lowest BCUT2D eigenvalue weighted by Gasteiger charge is -2.16. The molecule has 0 radical (unpaired) electrons. The Morgan fingerprint density at radius 2 is 2.00 bits per heavy atom. The zero-order valence-corrected chi connectivity index (χ0v) is 6.19. The summed E-state index contributed by atoms with van der Waals surface area (Å²) in [7, 11) is 0. The number of hydrogen-bond donors (Lipinski definition) is 2. The minimum atomic E-state index is -1.03. The molecule has 3 unspecified atom stereocenters. The highest BCUT2D eigenvalue weighted by molar-refractivity contribution is 4.76.